The normalized spacial score (nSPS) is 22.7. The lowest BCUT2D eigenvalue weighted by Crippen LogP contribution is -2.25. The minimum absolute atomic E-state index is 0.0471. The highest BCUT2D eigenvalue weighted by Gasteiger charge is 2.32. The van der Waals surface area contributed by atoms with Gasteiger partial charge in [-0.05, 0) is 97.9 Å². The maximum absolute atomic E-state index is 15.4. The van der Waals surface area contributed by atoms with E-state index in [0.717, 1.165) is 37.5 Å². The fourth-order valence-corrected chi connectivity index (χ4v) is 7.37. The largest absolute Gasteiger partial charge is 0.486 e. The van der Waals surface area contributed by atoms with Gasteiger partial charge in [-0.1, -0.05) is 87.6 Å². The van der Waals surface area contributed by atoms with Gasteiger partial charge >= 0.3 is 0 Å². The summed E-state index contributed by atoms with van der Waals surface area (Å²) in [7, 11) is 0. The lowest BCUT2D eigenvalue weighted by molar-refractivity contribution is 0.155. The first-order valence-corrected chi connectivity index (χ1v) is 16.2. The van der Waals surface area contributed by atoms with Crippen LogP contribution in [-0.4, -0.2) is 6.61 Å². The zero-order valence-corrected chi connectivity index (χ0v) is 25.5. The highest BCUT2D eigenvalue weighted by atomic mass is 19.2. The molecule has 2 aliphatic rings. The second kappa shape index (κ2) is 14.6. The second-order valence-corrected chi connectivity index (χ2v) is 12.6. The molecule has 0 spiro atoms. The molecule has 230 valence electrons. The Hall–Kier alpha value is -3.08. The third kappa shape index (κ3) is 7.19. The third-order valence-corrected chi connectivity index (χ3v) is 9.97. The van der Waals surface area contributed by atoms with Crippen molar-refractivity contribution in [3.8, 4) is 28.0 Å². The summed E-state index contributed by atoms with van der Waals surface area (Å²) in [6, 6.07) is 12.7. The van der Waals surface area contributed by atoms with Crippen LogP contribution in [0.3, 0.4) is 0 Å². The van der Waals surface area contributed by atoms with Crippen LogP contribution in [0.2, 0.25) is 0 Å². The molecule has 5 heteroatoms. The SMILES string of the molecule is C/C=C/COc1ccc(-c2ccc(-c3ccc(C4CCC(C5CCC(CCCC)CC5)CC4)c(F)c3F)cc2)c(F)c1F. The van der Waals surface area contributed by atoms with E-state index in [1.807, 2.05) is 6.92 Å². The van der Waals surface area contributed by atoms with Gasteiger partial charge in [0.25, 0.3) is 0 Å². The van der Waals surface area contributed by atoms with E-state index in [-0.39, 0.29) is 29.4 Å². The van der Waals surface area contributed by atoms with Crippen molar-refractivity contribution in [2.45, 2.75) is 90.4 Å². The zero-order chi connectivity index (χ0) is 30.3. The molecule has 5 rings (SSSR count). The third-order valence-electron chi connectivity index (χ3n) is 9.97. The molecule has 0 atom stereocenters. The lowest BCUT2D eigenvalue weighted by Gasteiger charge is -2.38. The summed E-state index contributed by atoms with van der Waals surface area (Å²) in [6.07, 6.45) is 16.8. The van der Waals surface area contributed by atoms with Gasteiger partial charge in [0, 0.05) is 11.1 Å². The number of hydrogen-bond donors (Lipinski definition) is 0. The highest BCUT2D eigenvalue weighted by Crippen LogP contribution is 2.45. The van der Waals surface area contributed by atoms with Gasteiger partial charge in [-0.2, -0.15) is 4.39 Å². The number of allylic oxidation sites excluding steroid dienone is 1. The number of rotatable bonds is 10. The van der Waals surface area contributed by atoms with Crippen molar-refractivity contribution in [2.24, 2.45) is 17.8 Å². The van der Waals surface area contributed by atoms with Gasteiger partial charge in [0.05, 0.1) is 0 Å². The van der Waals surface area contributed by atoms with E-state index >= 15 is 8.78 Å². The maximum atomic E-state index is 15.4. The average Bonchev–Trinajstić information content (AvgIpc) is 3.04. The predicted octanol–water partition coefficient (Wildman–Crippen LogP) is 11.8. The topological polar surface area (TPSA) is 9.23 Å². The fraction of sp³-hybridized carbons (Fsp3) is 0.474. The van der Waals surface area contributed by atoms with Crippen LogP contribution in [0, 0.1) is 41.0 Å². The molecule has 0 amide bonds. The molecule has 0 unspecified atom stereocenters. The van der Waals surface area contributed by atoms with Crippen LogP contribution in [0.5, 0.6) is 5.75 Å². The summed E-state index contributed by atoms with van der Waals surface area (Å²) in [5.74, 6) is -1.37. The van der Waals surface area contributed by atoms with E-state index in [2.05, 4.69) is 6.92 Å². The molecule has 2 saturated carbocycles. The first-order chi connectivity index (χ1) is 20.9. The van der Waals surface area contributed by atoms with E-state index in [9.17, 15) is 8.78 Å². The van der Waals surface area contributed by atoms with Gasteiger partial charge in [0.2, 0.25) is 5.82 Å². The molecule has 0 saturated heterocycles. The van der Waals surface area contributed by atoms with Gasteiger partial charge in [0.1, 0.15) is 6.61 Å². The van der Waals surface area contributed by atoms with Crippen LogP contribution in [0.25, 0.3) is 22.3 Å². The van der Waals surface area contributed by atoms with E-state index in [1.165, 1.54) is 57.1 Å². The molecule has 0 bridgehead atoms. The van der Waals surface area contributed by atoms with Crippen molar-refractivity contribution in [1.29, 1.82) is 0 Å². The molecular weight excluding hydrogens is 548 g/mol. The predicted molar refractivity (Wildman–Crippen MR) is 167 cm³/mol. The van der Waals surface area contributed by atoms with Crippen molar-refractivity contribution in [3.05, 3.63) is 89.5 Å². The Balaban J connectivity index is 1.22. The van der Waals surface area contributed by atoms with Crippen LogP contribution in [-0.2, 0) is 0 Å². The Morgan fingerprint density at radius 3 is 1.81 bits per heavy atom. The van der Waals surface area contributed by atoms with Crippen LogP contribution in [0.15, 0.2) is 60.7 Å². The van der Waals surface area contributed by atoms with Crippen LogP contribution < -0.4 is 4.74 Å². The molecule has 1 nitrogen and oxygen atoms in total. The summed E-state index contributed by atoms with van der Waals surface area (Å²) in [6.45, 7) is 4.22. The van der Waals surface area contributed by atoms with Gasteiger partial charge in [-0.3, -0.25) is 0 Å². The molecule has 3 aromatic rings. The molecular formula is C38H44F4O. The van der Waals surface area contributed by atoms with Crippen molar-refractivity contribution in [2.75, 3.05) is 6.61 Å². The summed E-state index contributed by atoms with van der Waals surface area (Å²) < 4.78 is 65.5. The number of hydrogen-bond acceptors (Lipinski definition) is 1. The van der Waals surface area contributed by atoms with E-state index in [0.29, 0.717) is 22.6 Å². The van der Waals surface area contributed by atoms with Crippen LogP contribution in [0.4, 0.5) is 17.6 Å². The minimum Gasteiger partial charge on any atom is -0.486 e. The quantitative estimate of drug-likeness (QED) is 0.168. The standard InChI is InChI=1S/C38H44F4O/c1-3-5-7-25-8-10-26(11-9-25)27-12-14-28(15-13-27)31-20-21-32(36(40)35(31)39)29-16-18-30(19-17-29)33-22-23-34(38(42)37(33)41)43-24-6-4-2/h4,6,16-23,25-28H,3,5,7-15,24H2,1-2H3/b6-4+. The van der Waals surface area contributed by atoms with Crippen molar-refractivity contribution in [3.63, 3.8) is 0 Å². The minimum atomic E-state index is -1.06. The van der Waals surface area contributed by atoms with Gasteiger partial charge < -0.3 is 4.74 Å². The summed E-state index contributed by atoms with van der Waals surface area (Å²) in [5.41, 5.74) is 1.64. The Morgan fingerprint density at radius 2 is 1.23 bits per heavy atom. The summed E-state index contributed by atoms with van der Waals surface area (Å²) in [4.78, 5) is 0. The van der Waals surface area contributed by atoms with Crippen molar-refractivity contribution < 1.29 is 22.3 Å². The Labute approximate surface area is 254 Å². The zero-order valence-electron chi connectivity index (χ0n) is 25.5. The molecule has 3 aromatic carbocycles. The van der Waals surface area contributed by atoms with E-state index < -0.39 is 23.3 Å². The van der Waals surface area contributed by atoms with Crippen molar-refractivity contribution in [1.82, 2.24) is 0 Å². The van der Waals surface area contributed by atoms with Gasteiger partial charge in [0.15, 0.2) is 23.2 Å². The van der Waals surface area contributed by atoms with E-state index in [1.54, 1.807) is 48.6 Å². The lowest BCUT2D eigenvalue weighted by atomic mass is 9.68. The van der Waals surface area contributed by atoms with Gasteiger partial charge in [-0.25, -0.2) is 13.2 Å². The molecule has 2 fully saturated rings. The number of benzene rings is 3. The number of ether oxygens (including phenoxy) is 1. The first kappa shape index (κ1) is 31.3. The van der Waals surface area contributed by atoms with E-state index in [4.69, 9.17) is 4.74 Å². The smallest absolute Gasteiger partial charge is 0.201 e. The highest BCUT2D eigenvalue weighted by molar-refractivity contribution is 5.72. The molecule has 43 heavy (non-hydrogen) atoms. The second-order valence-electron chi connectivity index (χ2n) is 12.6. The Bertz CT molecular complexity index is 1380. The average molecular weight is 593 g/mol. The van der Waals surface area contributed by atoms with Crippen LogP contribution in [0.1, 0.15) is 96.0 Å². The molecule has 0 aromatic heterocycles. The number of unbranched alkanes of at least 4 members (excludes halogenated alkanes) is 1. The molecule has 0 radical (unpaired) electrons. The molecule has 2 aliphatic carbocycles. The molecule has 0 aliphatic heterocycles. The molecule has 0 N–H and O–H groups in total. The summed E-state index contributed by atoms with van der Waals surface area (Å²) in [5, 5.41) is 0. The monoisotopic (exact) mass is 592 g/mol. The Kier molecular flexibility index (Phi) is 10.6. The fourth-order valence-electron chi connectivity index (χ4n) is 7.37. The molecule has 0 heterocycles. The Morgan fingerprint density at radius 1 is 0.674 bits per heavy atom. The number of halogens is 4. The maximum Gasteiger partial charge on any atom is 0.201 e. The van der Waals surface area contributed by atoms with Gasteiger partial charge in [-0.15, -0.1) is 0 Å². The first-order valence-electron chi connectivity index (χ1n) is 16.2. The summed E-state index contributed by atoms with van der Waals surface area (Å²) >= 11 is 0. The van der Waals surface area contributed by atoms with Crippen molar-refractivity contribution >= 4 is 0 Å². The van der Waals surface area contributed by atoms with Crippen LogP contribution >= 0.6 is 0 Å².